The van der Waals surface area contributed by atoms with E-state index in [1.54, 1.807) is 0 Å². The summed E-state index contributed by atoms with van der Waals surface area (Å²) in [5.74, 6) is -0.0255. The number of aliphatic hydroxyl groups excluding tert-OH is 2. The largest absolute Gasteiger partial charge is 0.466 e. The summed E-state index contributed by atoms with van der Waals surface area (Å²) in [4.78, 5) is 24.5. The Labute approximate surface area is 412 Å². The van der Waals surface area contributed by atoms with Gasteiger partial charge in [0.25, 0.3) is 0 Å². The molecule has 392 valence electrons. The second kappa shape index (κ2) is 56.2. The van der Waals surface area contributed by atoms with Crippen LogP contribution in [0.5, 0.6) is 0 Å². The SMILES string of the molecule is CCCCCC/C=C\CCCCCCCC(=O)OCCCCCCCCCCCCCCCCCCCCCCCCCCCC(=O)NC(CO)C(O)CCCCCCCCCCCCC. The summed E-state index contributed by atoms with van der Waals surface area (Å²) in [6.07, 6.45) is 66.5. The average molecular weight is 933 g/mol. The second-order valence-corrected chi connectivity index (χ2v) is 20.7. The Hall–Kier alpha value is -1.40. The van der Waals surface area contributed by atoms with Crippen LogP contribution in [0.3, 0.4) is 0 Å². The summed E-state index contributed by atoms with van der Waals surface area (Å²) in [7, 11) is 0. The van der Waals surface area contributed by atoms with Gasteiger partial charge in [-0.25, -0.2) is 0 Å². The van der Waals surface area contributed by atoms with Crippen LogP contribution >= 0.6 is 0 Å². The Balaban J connectivity index is 3.33. The fourth-order valence-electron chi connectivity index (χ4n) is 9.46. The molecular weight excluding hydrogens is 815 g/mol. The minimum absolute atomic E-state index is 0.00746. The number of ether oxygens (including phenoxy) is 1. The van der Waals surface area contributed by atoms with E-state index in [2.05, 4.69) is 31.3 Å². The standard InChI is InChI=1S/C60H117NO5/c1-3-5-7-9-11-13-15-29-34-38-42-46-50-54-60(65)66-55-51-47-43-39-35-31-28-26-24-22-20-18-16-17-19-21-23-25-27-30-33-37-41-45-49-53-59(64)61-57(56-62)58(63)52-48-44-40-36-32-14-12-10-8-6-4-2/h13,15,57-58,62-63H,3-12,14,16-56H2,1-2H3,(H,61,64)/b15-13-. The number of carbonyl (C=O) groups excluding carboxylic acids is 2. The number of carbonyl (C=O) groups is 2. The Bertz CT molecular complexity index is 986. The monoisotopic (exact) mass is 932 g/mol. The van der Waals surface area contributed by atoms with Crippen molar-refractivity contribution in [3.63, 3.8) is 0 Å². The van der Waals surface area contributed by atoms with Crippen LogP contribution in [0.25, 0.3) is 0 Å². The summed E-state index contributed by atoms with van der Waals surface area (Å²) in [6.45, 7) is 4.94. The summed E-state index contributed by atoms with van der Waals surface area (Å²) in [5.41, 5.74) is 0. The lowest BCUT2D eigenvalue weighted by Crippen LogP contribution is -2.45. The molecule has 6 nitrogen and oxygen atoms in total. The fourth-order valence-corrected chi connectivity index (χ4v) is 9.46. The molecule has 0 fully saturated rings. The minimum Gasteiger partial charge on any atom is -0.466 e. The number of rotatable bonds is 56. The van der Waals surface area contributed by atoms with Gasteiger partial charge in [-0.1, -0.05) is 283 Å². The normalized spacial score (nSPS) is 12.6. The van der Waals surface area contributed by atoms with Crippen LogP contribution in [0.15, 0.2) is 12.2 Å². The van der Waals surface area contributed by atoms with E-state index in [4.69, 9.17) is 4.74 Å². The van der Waals surface area contributed by atoms with E-state index in [0.717, 1.165) is 44.9 Å². The number of nitrogens with one attached hydrogen (secondary N) is 1. The summed E-state index contributed by atoms with van der Waals surface area (Å²) < 4.78 is 5.47. The molecule has 0 aliphatic heterocycles. The van der Waals surface area contributed by atoms with E-state index >= 15 is 0 Å². The molecule has 2 atom stereocenters. The molecule has 6 heteroatoms. The summed E-state index contributed by atoms with van der Waals surface area (Å²) in [5, 5.41) is 23.2. The van der Waals surface area contributed by atoms with Gasteiger partial charge in [0.15, 0.2) is 0 Å². The zero-order valence-corrected chi connectivity index (χ0v) is 44.7. The molecule has 0 spiro atoms. The van der Waals surface area contributed by atoms with Gasteiger partial charge >= 0.3 is 5.97 Å². The number of aliphatic hydroxyl groups is 2. The smallest absolute Gasteiger partial charge is 0.305 e. The van der Waals surface area contributed by atoms with Crippen LogP contribution in [0.4, 0.5) is 0 Å². The molecule has 0 bridgehead atoms. The second-order valence-electron chi connectivity index (χ2n) is 20.7. The molecule has 1 amide bonds. The number of hydrogen-bond acceptors (Lipinski definition) is 5. The van der Waals surface area contributed by atoms with E-state index in [9.17, 15) is 19.8 Å². The lowest BCUT2D eigenvalue weighted by Gasteiger charge is -2.22. The van der Waals surface area contributed by atoms with Gasteiger partial charge in [0.05, 0.1) is 25.4 Å². The van der Waals surface area contributed by atoms with Crippen LogP contribution in [-0.4, -0.2) is 47.4 Å². The molecule has 2 unspecified atom stereocenters. The molecule has 0 saturated carbocycles. The topological polar surface area (TPSA) is 95.9 Å². The Kier molecular flexibility index (Phi) is 55.0. The average Bonchev–Trinajstić information content (AvgIpc) is 3.32. The van der Waals surface area contributed by atoms with Crippen molar-refractivity contribution in [2.45, 2.75) is 347 Å². The maximum Gasteiger partial charge on any atom is 0.305 e. The van der Waals surface area contributed by atoms with Crippen molar-refractivity contribution in [3.8, 4) is 0 Å². The molecule has 3 N–H and O–H groups in total. The maximum absolute atomic E-state index is 12.4. The van der Waals surface area contributed by atoms with E-state index in [-0.39, 0.29) is 18.5 Å². The van der Waals surface area contributed by atoms with Gasteiger partial charge in [0, 0.05) is 12.8 Å². The van der Waals surface area contributed by atoms with Crippen molar-refractivity contribution in [2.75, 3.05) is 13.2 Å². The first-order valence-corrected chi connectivity index (χ1v) is 29.9. The number of amides is 1. The van der Waals surface area contributed by atoms with Crippen LogP contribution in [0.1, 0.15) is 335 Å². The van der Waals surface area contributed by atoms with Crippen molar-refractivity contribution in [1.82, 2.24) is 5.32 Å². The molecule has 0 aliphatic rings. The summed E-state index contributed by atoms with van der Waals surface area (Å²) in [6, 6.07) is -0.538. The van der Waals surface area contributed by atoms with Crippen molar-refractivity contribution >= 4 is 11.9 Å². The van der Waals surface area contributed by atoms with Crippen molar-refractivity contribution in [1.29, 1.82) is 0 Å². The third kappa shape index (κ3) is 52.0. The van der Waals surface area contributed by atoms with Gasteiger partial charge in [0.1, 0.15) is 0 Å². The lowest BCUT2D eigenvalue weighted by atomic mass is 10.0. The Morgan fingerprint density at radius 1 is 0.409 bits per heavy atom. The quantitative estimate of drug-likeness (QED) is 0.0321. The molecule has 0 aromatic carbocycles. The Morgan fingerprint density at radius 2 is 0.712 bits per heavy atom. The van der Waals surface area contributed by atoms with E-state index in [1.165, 1.54) is 257 Å². The van der Waals surface area contributed by atoms with Crippen molar-refractivity contribution < 1.29 is 24.5 Å². The van der Waals surface area contributed by atoms with Gasteiger partial charge in [0.2, 0.25) is 5.91 Å². The molecule has 66 heavy (non-hydrogen) atoms. The van der Waals surface area contributed by atoms with Crippen LogP contribution < -0.4 is 5.32 Å². The summed E-state index contributed by atoms with van der Waals surface area (Å²) >= 11 is 0. The first-order chi connectivity index (χ1) is 32.5. The number of unbranched alkanes of at least 4 members (excludes halogenated alkanes) is 43. The van der Waals surface area contributed by atoms with Crippen LogP contribution in [-0.2, 0) is 14.3 Å². The first kappa shape index (κ1) is 64.6. The van der Waals surface area contributed by atoms with E-state index in [0.29, 0.717) is 25.9 Å². The predicted molar refractivity (Wildman–Crippen MR) is 287 cm³/mol. The highest BCUT2D eigenvalue weighted by molar-refractivity contribution is 5.76. The van der Waals surface area contributed by atoms with E-state index in [1.807, 2.05) is 0 Å². The third-order valence-electron chi connectivity index (χ3n) is 14.1. The van der Waals surface area contributed by atoms with Crippen LogP contribution in [0.2, 0.25) is 0 Å². The van der Waals surface area contributed by atoms with Gasteiger partial charge in [-0.3, -0.25) is 9.59 Å². The molecule has 0 rings (SSSR count). The predicted octanol–water partition coefficient (Wildman–Crippen LogP) is 18.5. The molecular formula is C60H117NO5. The van der Waals surface area contributed by atoms with Gasteiger partial charge < -0.3 is 20.3 Å². The highest BCUT2D eigenvalue weighted by Crippen LogP contribution is 2.18. The van der Waals surface area contributed by atoms with Gasteiger partial charge in [-0.15, -0.1) is 0 Å². The molecule has 0 saturated heterocycles. The highest BCUT2D eigenvalue weighted by Gasteiger charge is 2.20. The minimum atomic E-state index is -0.660. The number of esters is 1. The van der Waals surface area contributed by atoms with Crippen molar-refractivity contribution in [2.24, 2.45) is 0 Å². The first-order valence-electron chi connectivity index (χ1n) is 29.9. The zero-order valence-electron chi connectivity index (χ0n) is 44.7. The van der Waals surface area contributed by atoms with Gasteiger partial charge in [-0.05, 0) is 51.4 Å². The lowest BCUT2D eigenvalue weighted by molar-refractivity contribution is -0.143. The maximum atomic E-state index is 12.4. The number of hydrogen-bond donors (Lipinski definition) is 3. The third-order valence-corrected chi connectivity index (χ3v) is 14.1. The van der Waals surface area contributed by atoms with Crippen molar-refractivity contribution in [3.05, 3.63) is 12.2 Å². The molecule has 0 heterocycles. The molecule has 0 aromatic heterocycles. The molecule has 0 aliphatic carbocycles. The molecule has 0 aromatic rings. The van der Waals surface area contributed by atoms with E-state index < -0.39 is 12.1 Å². The fraction of sp³-hybridized carbons (Fsp3) is 0.933. The van der Waals surface area contributed by atoms with Crippen LogP contribution in [0, 0.1) is 0 Å². The van der Waals surface area contributed by atoms with Gasteiger partial charge in [-0.2, -0.15) is 0 Å². The highest BCUT2D eigenvalue weighted by atomic mass is 16.5. The number of allylic oxidation sites excluding steroid dienone is 2. The zero-order chi connectivity index (χ0) is 47.9. The Morgan fingerprint density at radius 3 is 1.09 bits per heavy atom. The molecule has 0 radical (unpaired) electrons.